The van der Waals surface area contributed by atoms with Gasteiger partial charge in [-0.3, -0.25) is 9.48 Å². The van der Waals surface area contributed by atoms with Crippen LogP contribution >= 0.6 is 23.2 Å². The van der Waals surface area contributed by atoms with Gasteiger partial charge >= 0.3 is 0 Å². The lowest BCUT2D eigenvalue weighted by Gasteiger charge is -2.06. The number of hydrogen-bond donors (Lipinski definition) is 1. The molecule has 0 fully saturated rings. The van der Waals surface area contributed by atoms with Crippen LogP contribution in [0.5, 0.6) is 5.75 Å². The van der Waals surface area contributed by atoms with Crippen LogP contribution in [0.3, 0.4) is 0 Å². The number of carbonyl (C=O) groups is 1. The number of nitrogens with zero attached hydrogens (tertiary/aromatic N) is 2. The largest absolute Gasteiger partial charge is 0.484 e. The number of amides is 1. The minimum atomic E-state index is -0.395. The number of aromatic nitrogens is 2. The van der Waals surface area contributed by atoms with Gasteiger partial charge in [0.15, 0.2) is 12.4 Å². The molecule has 0 saturated carbocycles. The molecule has 0 atom stereocenters. The van der Waals surface area contributed by atoms with Gasteiger partial charge in [0, 0.05) is 11.2 Å². The highest BCUT2D eigenvalue weighted by Crippen LogP contribution is 2.20. The predicted octanol–water partition coefficient (Wildman–Crippen LogP) is 4.39. The van der Waals surface area contributed by atoms with Gasteiger partial charge in [0.05, 0.1) is 6.54 Å². The molecule has 1 aromatic heterocycles. The number of ether oxygens (including phenoxy) is 1. The summed E-state index contributed by atoms with van der Waals surface area (Å²) in [6.45, 7) is 0.208. The minimum absolute atomic E-state index is 0.192. The van der Waals surface area contributed by atoms with Crippen molar-refractivity contribution < 1.29 is 13.9 Å². The second-order valence-corrected chi connectivity index (χ2v) is 6.28. The molecule has 8 heteroatoms. The molecule has 3 rings (SSSR count). The molecule has 0 spiro atoms. The number of rotatable bonds is 6. The van der Waals surface area contributed by atoms with Crippen LogP contribution in [0.15, 0.2) is 54.7 Å². The van der Waals surface area contributed by atoms with Crippen molar-refractivity contribution in [2.45, 2.75) is 6.54 Å². The lowest BCUT2D eigenvalue weighted by atomic mass is 10.2. The van der Waals surface area contributed by atoms with Gasteiger partial charge in [-0.15, -0.1) is 0 Å². The third-order valence-electron chi connectivity index (χ3n) is 3.42. The van der Waals surface area contributed by atoms with Crippen molar-refractivity contribution in [1.82, 2.24) is 9.78 Å². The first-order chi connectivity index (χ1) is 12.5. The van der Waals surface area contributed by atoms with Crippen molar-refractivity contribution in [3.8, 4) is 5.75 Å². The van der Waals surface area contributed by atoms with Crippen molar-refractivity contribution in [3.05, 3.63) is 76.2 Å². The average Bonchev–Trinajstić information content (AvgIpc) is 2.95. The maximum Gasteiger partial charge on any atom is 0.263 e. The molecule has 0 bridgehead atoms. The van der Waals surface area contributed by atoms with Gasteiger partial charge in [0.25, 0.3) is 5.91 Å². The maximum atomic E-state index is 12.9. The van der Waals surface area contributed by atoms with E-state index in [-0.39, 0.29) is 18.2 Å². The third kappa shape index (κ3) is 4.97. The van der Waals surface area contributed by atoms with Gasteiger partial charge in [-0.1, -0.05) is 35.3 Å². The van der Waals surface area contributed by atoms with Gasteiger partial charge in [0.1, 0.15) is 16.6 Å². The van der Waals surface area contributed by atoms with Crippen LogP contribution in [0.4, 0.5) is 10.2 Å². The molecule has 0 unspecified atom stereocenters. The minimum Gasteiger partial charge on any atom is -0.484 e. The highest BCUT2D eigenvalue weighted by Gasteiger charge is 2.11. The topological polar surface area (TPSA) is 56.1 Å². The molecule has 1 heterocycles. The molecule has 26 heavy (non-hydrogen) atoms. The summed E-state index contributed by atoms with van der Waals surface area (Å²) in [5.74, 6) is 0.0609. The van der Waals surface area contributed by atoms with E-state index in [1.54, 1.807) is 47.3 Å². The number of halogens is 3. The molecule has 3 aromatic rings. The Morgan fingerprint density at radius 2 is 1.81 bits per heavy atom. The Morgan fingerprint density at radius 1 is 1.12 bits per heavy atom. The Balaban J connectivity index is 1.57. The summed E-state index contributed by atoms with van der Waals surface area (Å²) in [5, 5.41) is 7.70. The molecule has 0 aliphatic heterocycles. The number of benzene rings is 2. The summed E-state index contributed by atoms with van der Waals surface area (Å²) >= 11 is 11.9. The van der Waals surface area contributed by atoms with E-state index in [4.69, 9.17) is 27.9 Å². The zero-order valence-corrected chi connectivity index (χ0v) is 15.0. The summed E-state index contributed by atoms with van der Waals surface area (Å²) in [4.78, 5) is 12.0. The predicted molar refractivity (Wildman–Crippen MR) is 98.3 cm³/mol. The second-order valence-electron chi connectivity index (χ2n) is 5.44. The Kier molecular flexibility index (Phi) is 5.75. The van der Waals surface area contributed by atoms with Crippen molar-refractivity contribution in [2.75, 3.05) is 11.9 Å². The maximum absolute atomic E-state index is 12.9. The van der Waals surface area contributed by atoms with E-state index in [0.29, 0.717) is 22.3 Å². The van der Waals surface area contributed by atoms with Crippen LogP contribution in [-0.2, 0) is 11.3 Å². The van der Waals surface area contributed by atoms with Gasteiger partial charge in [-0.05, 0) is 42.0 Å². The van der Waals surface area contributed by atoms with Crippen LogP contribution < -0.4 is 10.1 Å². The van der Waals surface area contributed by atoms with Crippen molar-refractivity contribution in [2.24, 2.45) is 0 Å². The lowest BCUT2D eigenvalue weighted by molar-refractivity contribution is -0.118. The number of nitrogens with one attached hydrogen (secondary N) is 1. The smallest absolute Gasteiger partial charge is 0.263 e. The van der Waals surface area contributed by atoms with Gasteiger partial charge in [-0.2, -0.15) is 5.10 Å². The number of carbonyl (C=O) groups excluding carboxylic acids is 1. The SMILES string of the molecule is O=C(COc1ccc(Cl)cc1)Nc1nn(Cc2ccc(F)cc2)cc1Cl. The van der Waals surface area contributed by atoms with E-state index < -0.39 is 5.91 Å². The van der Waals surface area contributed by atoms with Crippen LogP contribution in [0.25, 0.3) is 0 Å². The highest BCUT2D eigenvalue weighted by atomic mass is 35.5. The van der Waals surface area contributed by atoms with Gasteiger partial charge in [-0.25, -0.2) is 4.39 Å². The molecule has 134 valence electrons. The van der Waals surface area contributed by atoms with Crippen LogP contribution in [0, 0.1) is 5.82 Å². The quantitative estimate of drug-likeness (QED) is 0.675. The molecule has 1 amide bonds. The monoisotopic (exact) mass is 393 g/mol. The highest BCUT2D eigenvalue weighted by molar-refractivity contribution is 6.33. The van der Waals surface area contributed by atoms with E-state index in [2.05, 4.69) is 10.4 Å². The Hall–Kier alpha value is -2.57. The van der Waals surface area contributed by atoms with E-state index in [1.165, 1.54) is 12.1 Å². The molecule has 5 nitrogen and oxygen atoms in total. The standard InChI is InChI=1S/C18H14Cl2FN3O2/c19-13-3-7-15(8-4-13)26-11-17(25)22-18-16(20)10-24(23-18)9-12-1-5-14(21)6-2-12/h1-8,10H,9,11H2,(H,22,23,25). The van der Waals surface area contributed by atoms with E-state index in [1.807, 2.05) is 0 Å². The fourth-order valence-corrected chi connectivity index (χ4v) is 2.51. The van der Waals surface area contributed by atoms with E-state index in [9.17, 15) is 9.18 Å². The summed E-state index contributed by atoms with van der Waals surface area (Å²) in [5.41, 5.74) is 0.856. The first-order valence-corrected chi connectivity index (χ1v) is 8.41. The third-order valence-corrected chi connectivity index (χ3v) is 3.94. The van der Waals surface area contributed by atoms with Crippen LogP contribution in [0.2, 0.25) is 10.0 Å². The molecule has 0 saturated heterocycles. The van der Waals surface area contributed by atoms with Crippen molar-refractivity contribution in [1.29, 1.82) is 0 Å². The average molecular weight is 394 g/mol. The first kappa shape index (κ1) is 18.2. The van der Waals surface area contributed by atoms with Crippen molar-refractivity contribution in [3.63, 3.8) is 0 Å². The number of hydrogen-bond acceptors (Lipinski definition) is 3. The van der Waals surface area contributed by atoms with E-state index >= 15 is 0 Å². The number of anilines is 1. The van der Waals surface area contributed by atoms with Gasteiger partial charge in [0.2, 0.25) is 0 Å². The Morgan fingerprint density at radius 3 is 2.50 bits per heavy atom. The van der Waals surface area contributed by atoms with Crippen molar-refractivity contribution >= 4 is 34.9 Å². The fraction of sp³-hybridized carbons (Fsp3) is 0.111. The normalized spacial score (nSPS) is 10.6. The zero-order chi connectivity index (χ0) is 18.5. The summed E-state index contributed by atoms with van der Waals surface area (Å²) in [7, 11) is 0. The van der Waals surface area contributed by atoms with Crippen LogP contribution in [0.1, 0.15) is 5.56 Å². The van der Waals surface area contributed by atoms with Gasteiger partial charge < -0.3 is 10.1 Å². The summed E-state index contributed by atoms with van der Waals surface area (Å²) in [6.07, 6.45) is 1.58. The molecule has 0 aliphatic rings. The molecular formula is C18H14Cl2FN3O2. The zero-order valence-electron chi connectivity index (χ0n) is 13.5. The molecule has 1 N–H and O–H groups in total. The van der Waals surface area contributed by atoms with Crippen LogP contribution in [-0.4, -0.2) is 22.3 Å². The first-order valence-electron chi connectivity index (χ1n) is 7.65. The Labute approximate surface area is 159 Å². The fourth-order valence-electron chi connectivity index (χ4n) is 2.19. The second kappa shape index (κ2) is 8.21. The summed E-state index contributed by atoms with van der Waals surface area (Å²) in [6, 6.07) is 12.7. The summed E-state index contributed by atoms with van der Waals surface area (Å²) < 4.78 is 19.9. The lowest BCUT2D eigenvalue weighted by Crippen LogP contribution is -2.20. The molecular weight excluding hydrogens is 380 g/mol. The Bertz CT molecular complexity index is 896. The molecule has 2 aromatic carbocycles. The molecule has 0 aliphatic carbocycles. The van der Waals surface area contributed by atoms with E-state index in [0.717, 1.165) is 5.56 Å². The molecule has 0 radical (unpaired) electrons.